The van der Waals surface area contributed by atoms with Crippen LogP contribution in [0.4, 0.5) is 0 Å². The third-order valence-corrected chi connectivity index (χ3v) is 2.75. The maximum Gasteiger partial charge on any atom is 0.170 e. The van der Waals surface area contributed by atoms with E-state index in [1.54, 1.807) is 6.07 Å². The molecule has 2 N–H and O–H groups in total. The Morgan fingerprint density at radius 3 is 2.93 bits per heavy atom. The topological polar surface area (TPSA) is 52.3 Å². The Bertz CT molecular complexity index is 389. The Labute approximate surface area is 89.2 Å². The highest BCUT2D eigenvalue weighted by molar-refractivity contribution is 6.00. The highest BCUT2D eigenvalue weighted by Gasteiger charge is 2.35. The minimum absolute atomic E-state index is 0.146. The van der Waals surface area contributed by atoms with Gasteiger partial charge in [0.05, 0.1) is 12.0 Å². The summed E-state index contributed by atoms with van der Waals surface area (Å²) < 4.78 is 5.83. The third-order valence-electron chi connectivity index (χ3n) is 2.75. The Hall–Kier alpha value is -1.35. The van der Waals surface area contributed by atoms with Gasteiger partial charge in [0.25, 0.3) is 0 Å². The standard InChI is InChI=1S/C12H15NO2/c1-12(6-7-13)8-10(14)9-4-2-3-5-11(9)15-12/h2-5H,6-8,13H2,1H3. The van der Waals surface area contributed by atoms with E-state index < -0.39 is 5.60 Å². The molecule has 0 saturated heterocycles. The molecule has 0 aromatic heterocycles. The molecule has 0 bridgehead atoms. The van der Waals surface area contributed by atoms with Crippen LogP contribution in [0.3, 0.4) is 0 Å². The van der Waals surface area contributed by atoms with Crippen molar-refractivity contribution in [3.05, 3.63) is 29.8 Å². The minimum atomic E-state index is -0.430. The van der Waals surface area contributed by atoms with Gasteiger partial charge in [0.2, 0.25) is 0 Å². The number of nitrogens with two attached hydrogens (primary N) is 1. The summed E-state index contributed by atoms with van der Waals surface area (Å²) in [6.07, 6.45) is 1.12. The third kappa shape index (κ3) is 1.88. The first-order valence-electron chi connectivity index (χ1n) is 5.16. The molecule has 1 aromatic rings. The second kappa shape index (κ2) is 3.66. The van der Waals surface area contributed by atoms with Gasteiger partial charge in [0.1, 0.15) is 11.4 Å². The van der Waals surface area contributed by atoms with Crippen LogP contribution >= 0.6 is 0 Å². The summed E-state index contributed by atoms with van der Waals surface area (Å²) in [5.41, 5.74) is 5.78. The van der Waals surface area contributed by atoms with E-state index in [1.807, 2.05) is 25.1 Å². The molecule has 1 aromatic carbocycles. The number of hydrogen-bond acceptors (Lipinski definition) is 3. The van der Waals surface area contributed by atoms with Crippen LogP contribution in [-0.4, -0.2) is 17.9 Å². The van der Waals surface area contributed by atoms with Gasteiger partial charge >= 0.3 is 0 Å². The van der Waals surface area contributed by atoms with E-state index in [9.17, 15) is 4.79 Å². The molecule has 1 atom stereocenters. The predicted octanol–water partition coefficient (Wildman–Crippen LogP) is 1.76. The smallest absolute Gasteiger partial charge is 0.170 e. The summed E-state index contributed by atoms with van der Waals surface area (Å²) in [5.74, 6) is 0.831. The maximum atomic E-state index is 11.9. The summed E-state index contributed by atoms with van der Waals surface area (Å²) in [7, 11) is 0. The molecule has 15 heavy (non-hydrogen) atoms. The number of carbonyl (C=O) groups is 1. The zero-order valence-electron chi connectivity index (χ0n) is 8.82. The number of ether oxygens (including phenoxy) is 1. The van der Waals surface area contributed by atoms with Crippen molar-refractivity contribution in [3.8, 4) is 5.75 Å². The van der Waals surface area contributed by atoms with Crippen molar-refractivity contribution in [2.45, 2.75) is 25.4 Å². The Morgan fingerprint density at radius 1 is 1.47 bits per heavy atom. The molecule has 1 unspecified atom stereocenters. The van der Waals surface area contributed by atoms with Gasteiger partial charge in [-0.05, 0) is 32.0 Å². The van der Waals surface area contributed by atoms with E-state index in [1.165, 1.54) is 0 Å². The molecule has 0 aliphatic carbocycles. The molecule has 2 rings (SSSR count). The van der Waals surface area contributed by atoms with E-state index in [4.69, 9.17) is 10.5 Å². The number of ketones is 1. The molecule has 0 fully saturated rings. The highest BCUT2D eigenvalue weighted by atomic mass is 16.5. The predicted molar refractivity (Wildman–Crippen MR) is 58.1 cm³/mol. The molecule has 3 nitrogen and oxygen atoms in total. The maximum absolute atomic E-state index is 11.9. The van der Waals surface area contributed by atoms with Crippen molar-refractivity contribution in [2.75, 3.05) is 6.54 Å². The van der Waals surface area contributed by atoms with Gasteiger partial charge in [0, 0.05) is 0 Å². The summed E-state index contributed by atoms with van der Waals surface area (Å²) in [6.45, 7) is 2.47. The largest absolute Gasteiger partial charge is 0.486 e. The molecule has 0 saturated carbocycles. The molecular weight excluding hydrogens is 190 g/mol. The number of Topliss-reactive ketones (excluding diaryl/α,β-unsaturated/α-hetero) is 1. The number of carbonyl (C=O) groups excluding carboxylic acids is 1. The van der Waals surface area contributed by atoms with Crippen LogP contribution in [0.15, 0.2) is 24.3 Å². The van der Waals surface area contributed by atoms with Crippen molar-refractivity contribution < 1.29 is 9.53 Å². The fourth-order valence-electron chi connectivity index (χ4n) is 1.97. The normalized spacial score (nSPS) is 24.5. The van der Waals surface area contributed by atoms with Crippen molar-refractivity contribution >= 4 is 5.78 Å². The number of benzene rings is 1. The lowest BCUT2D eigenvalue weighted by molar-refractivity contribution is 0.0485. The first-order chi connectivity index (χ1) is 7.14. The molecule has 80 valence electrons. The van der Waals surface area contributed by atoms with Gasteiger partial charge in [-0.15, -0.1) is 0 Å². The number of rotatable bonds is 2. The SMILES string of the molecule is CC1(CCN)CC(=O)c2ccccc2O1. The Balaban J connectivity index is 2.34. The fourth-order valence-corrected chi connectivity index (χ4v) is 1.97. The molecule has 1 aliphatic rings. The molecular formula is C12H15NO2. The zero-order chi connectivity index (χ0) is 10.9. The average molecular weight is 205 g/mol. The minimum Gasteiger partial charge on any atom is -0.486 e. The van der Waals surface area contributed by atoms with Crippen LogP contribution in [0, 0.1) is 0 Å². The summed E-state index contributed by atoms with van der Waals surface area (Å²) in [6, 6.07) is 7.37. The lowest BCUT2D eigenvalue weighted by Crippen LogP contribution is -2.40. The van der Waals surface area contributed by atoms with Gasteiger partial charge < -0.3 is 10.5 Å². The van der Waals surface area contributed by atoms with Crippen LogP contribution < -0.4 is 10.5 Å². The van der Waals surface area contributed by atoms with Gasteiger partial charge in [-0.25, -0.2) is 0 Å². The van der Waals surface area contributed by atoms with Crippen LogP contribution in [0.25, 0.3) is 0 Å². The molecule has 0 radical (unpaired) electrons. The Kier molecular flexibility index (Phi) is 2.49. The van der Waals surface area contributed by atoms with Crippen molar-refractivity contribution in [3.63, 3.8) is 0 Å². The highest BCUT2D eigenvalue weighted by Crippen LogP contribution is 2.34. The van der Waals surface area contributed by atoms with Crippen molar-refractivity contribution in [1.82, 2.24) is 0 Å². The van der Waals surface area contributed by atoms with Crippen LogP contribution in [0.1, 0.15) is 30.1 Å². The van der Waals surface area contributed by atoms with Gasteiger partial charge in [-0.1, -0.05) is 12.1 Å². The molecule has 1 heterocycles. The first-order valence-corrected chi connectivity index (χ1v) is 5.16. The Morgan fingerprint density at radius 2 is 2.20 bits per heavy atom. The van der Waals surface area contributed by atoms with Crippen LogP contribution in [0.5, 0.6) is 5.75 Å². The molecule has 0 amide bonds. The summed E-state index contributed by atoms with van der Waals surface area (Å²) in [5, 5.41) is 0. The van der Waals surface area contributed by atoms with Crippen molar-refractivity contribution in [1.29, 1.82) is 0 Å². The zero-order valence-corrected chi connectivity index (χ0v) is 8.82. The quantitative estimate of drug-likeness (QED) is 0.800. The lowest BCUT2D eigenvalue weighted by atomic mass is 9.89. The van der Waals surface area contributed by atoms with E-state index >= 15 is 0 Å². The fraction of sp³-hybridized carbons (Fsp3) is 0.417. The van der Waals surface area contributed by atoms with Crippen LogP contribution in [-0.2, 0) is 0 Å². The van der Waals surface area contributed by atoms with Gasteiger partial charge in [-0.2, -0.15) is 0 Å². The second-order valence-corrected chi connectivity index (χ2v) is 4.19. The average Bonchev–Trinajstić information content (AvgIpc) is 2.17. The van der Waals surface area contributed by atoms with Crippen LogP contribution in [0.2, 0.25) is 0 Å². The van der Waals surface area contributed by atoms with Gasteiger partial charge in [-0.3, -0.25) is 4.79 Å². The molecule has 0 spiro atoms. The summed E-state index contributed by atoms with van der Waals surface area (Å²) in [4.78, 5) is 11.9. The number of fused-ring (bicyclic) bond motifs is 1. The van der Waals surface area contributed by atoms with E-state index in [-0.39, 0.29) is 5.78 Å². The van der Waals surface area contributed by atoms with E-state index in [2.05, 4.69) is 0 Å². The van der Waals surface area contributed by atoms with Gasteiger partial charge in [0.15, 0.2) is 5.78 Å². The van der Waals surface area contributed by atoms with E-state index in [0.717, 1.165) is 0 Å². The number of para-hydroxylation sites is 1. The molecule has 3 heteroatoms. The van der Waals surface area contributed by atoms with Crippen molar-refractivity contribution in [2.24, 2.45) is 5.73 Å². The lowest BCUT2D eigenvalue weighted by Gasteiger charge is -2.34. The van der Waals surface area contributed by atoms with E-state index in [0.29, 0.717) is 30.7 Å². The summed E-state index contributed by atoms with van der Waals surface area (Å²) >= 11 is 0. The molecule has 1 aliphatic heterocycles. The number of hydrogen-bond donors (Lipinski definition) is 1. The first kappa shape index (κ1) is 10.2. The monoisotopic (exact) mass is 205 g/mol. The second-order valence-electron chi connectivity index (χ2n) is 4.19.